The van der Waals surface area contributed by atoms with E-state index < -0.39 is 0 Å². The quantitative estimate of drug-likeness (QED) is 0.782. The molecule has 1 aromatic carbocycles. The third-order valence-corrected chi connectivity index (χ3v) is 3.27. The van der Waals surface area contributed by atoms with Gasteiger partial charge < -0.3 is 5.32 Å². The van der Waals surface area contributed by atoms with E-state index in [1.165, 1.54) is 35.4 Å². The van der Waals surface area contributed by atoms with Crippen LogP contribution in [0.3, 0.4) is 0 Å². The highest BCUT2D eigenvalue weighted by molar-refractivity contribution is 5.52. The normalized spacial score (nSPS) is 15.2. The Morgan fingerprint density at radius 3 is 2.56 bits per heavy atom. The van der Waals surface area contributed by atoms with Gasteiger partial charge >= 0.3 is 0 Å². The molecule has 0 unspecified atom stereocenters. The summed E-state index contributed by atoms with van der Waals surface area (Å²) in [6.07, 6.45) is 2.60. The van der Waals surface area contributed by atoms with Gasteiger partial charge in [0.05, 0.1) is 0 Å². The van der Waals surface area contributed by atoms with Gasteiger partial charge in [0.2, 0.25) is 0 Å². The fourth-order valence-electron chi connectivity index (χ4n) is 2.12. The summed E-state index contributed by atoms with van der Waals surface area (Å²) in [7, 11) is 0. The van der Waals surface area contributed by atoms with Crippen LogP contribution < -0.4 is 5.32 Å². The summed E-state index contributed by atoms with van der Waals surface area (Å²) in [6.45, 7) is 10.7. The predicted molar refractivity (Wildman–Crippen MR) is 70.8 cm³/mol. The summed E-state index contributed by atoms with van der Waals surface area (Å²) in [5, 5.41) is 3.42. The first-order valence-electron chi connectivity index (χ1n) is 6.14. The maximum atomic E-state index is 4.09. The Hall–Kier alpha value is -1.24. The molecule has 16 heavy (non-hydrogen) atoms. The number of allylic oxidation sites excluding steroid dienone is 1. The first-order valence-corrected chi connectivity index (χ1v) is 6.14. The molecule has 0 atom stereocenters. The molecule has 0 heterocycles. The van der Waals surface area contributed by atoms with E-state index in [2.05, 4.69) is 50.9 Å². The van der Waals surface area contributed by atoms with Crippen LogP contribution in [0, 0.1) is 12.8 Å². The summed E-state index contributed by atoms with van der Waals surface area (Å²) in [6, 6.07) is 6.61. The van der Waals surface area contributed by atoms with E-state index in [1.807, 2.05) is 0 Å². The Morgan fingerprint density at radius 2 is 2.06 bits per heavy atom. The summed E-state index contributed by atoms with van der Waals surface area (Å²) in [5.41, 5.74) is 5.15. The number of rotatable bonds is 4. The second kappa shape index (κ2) is 4.32. The highest BCUT2D eigenvalue weighted by atomic mass is 14.9. The Kier molecular flexibility index (Phi) is 3.04. The van der Waals surface area contributed by atoms with Gasteiger partial charge in [-0.05, 0) is 54.9 Å². The zero-order valence-electron chi connectivity index (χ0n) is 10.5. The van der Waals surface area contributed by atoms with Crippen molar-refractivity contribution in [2.45, 2.75) is 39.5 Å². The van der Waals surface area contributed by atoms with E-state index in [4.69, 9.17) is 0 Å². The molecule has 1 heteroatoms. The van der Waals surface area contributed by atoms with Crippen LogP contribution in [0.1, 0.15) is 43.7 Å². The molecule has 1 fully saturated rings. The van der Waals surface area contributed by atoms with Crippen LogP contribution in [0.15, 0.2) is 30.5 Å². The lowest BCUT2D eigenvalue weighted by Gasteiger charge is -2.13. The molecule has 0 radical (unpaired) electrons. The largest absolute Gasteiger partial charge is 0.359 e. The van der Waals surface area contributed by atoms with Crippen molar-refractivity contribution in [2.24, 2.45) is 5.92 Å². The maximum absolute atomic E-state index is 4.09. The molecule has 0 aromatic heterocycles. The highest BCUT2D eigenvalue weighted by Crippen LogP contribution is 2.36. The van der Waals surface area contributed by atoms with E-state index >= 15 is 0 Å². The fourth-order valence-corrected chi connectivity index (χ4v) is 2.12. The van der Waals surface area contributed by atoms with Gasteiger partial charge in [-0.1, -0.05) is 26.5 Å². The van der Waals surface area contributed by atoms with Crippen molar-refractivity contribution < 1.29 is 0 Å². The summed E-state index contributed by atoms with van der Waals surface area (Å²) in [5.74, 6) is 1.31. The molecule has 86 valence electrons. The van der Waals surface area contributed by atoms with Gasteiger partial charge in [0.25, 0.3) is 0 Å². The van der Waals surface area contributed by atoms with Crippen LogP contribution in [0.2, 0.25) is 0 Å². The number of benzene rings is 1. The first kappa shape index (κ1) is 11.3. The Bertz CT molecular complexity index is 400. The van der Waals surface area contributed by atoms with Crippen molar-refractivity contribution in [3.8, 4) is 0 Å². The standard InChI is InChI=1S/C15H21N/c1-10(2)15-8-7-14(9-11(15)3)16-12(4)13-5-6-13/h7-10,13,16H,4-6H2,1-3H3. The molecule has 1 N–H and O–H groups in total. The van der Waals surface area contributed by atoms with Crippen LogP contribution in [0.25, 0.3) is 0 Å². The summed E-state index contributed by atoms with van der Waals surface area (Å²) >= 11 is 0. The lowest BCUT2D eigenvalue weighted by atomic mass is 9.97. The third-order valence-electron chi connectivity index (χ3n) is 3.27. The molecule has 0 aliphatic heterocycles. The molecule has 0 amide bonds. The van der Waals surface area contributed by atoms with E-state index in [9.17, 15) is 0 Å². The van der Waals surface area contributed by atoms with Gasteiger partial charge in [-0.15, -0.1) is 0 Å². The summed E-state index contributed by atoms with van der Waals surface area (Å²) in [4.78, 5) is 0. The predicted octanol–water partition coefficient (Wildman–Crippen LogP) is 4.45. The van der Waals surface area contributed by atoms with Crippen LogP contribution in [-0.2, 0) is 0 Å². The van der Waals surface area contributed by atoms with E-state index in [-0.39, 0.29) is 0 Å². The van der Waals surface area contributed by atoms with Gasteiger partial charge in [-0.3, -0.25) is 0 Å². The molecule has 0 spiro atoms. The van der Waals surface area contributed by atoms with Gasteiger partial charge in [0.1, 0.15) is 0 Å². The van der Waals surface area contributed by atoms with Crippen LogP contribution >= 0.6 is 0 Å². The van der Waals surface area contributed by atoms with Gasteiger partial charge in [0, 0.05) is 11.4 Å². The zero-order chi connectivity index (χ0) is 11.7. The van der Waals surface area contributed by atoms with Crippen LogP contribution in [-0.4, -0.2) is 0 Å². The number of nitrogens with one attached hydrogen (secondary N) is 1. The van der Waals surface area contributed by atoms with Crippen molar-refractivity contribution in [1.29, 1.82) is 0 Å². The third kappa shape index (κ3) is 2.46. The summed E-state index contributed by atoms with van der Waals surface area (Å²) < 4.78 is 0. The van der Waals surface area contributed by atoms with Crippen molar-refractivity contribution in [2.75, 3.05) is 5.32 Å². The lowest BCUT2D eigenvalue weighted by molar-refractivity contribution is 0.856. The molecule has 1 saturated carbocycles. The molecule has 0 bridgehead atoms. The molecular formula is C15H21N. The molecular weight excluding hydrogens is 194 g/mol. The smallest absolute Gasteiger partial charge is 0.0384 e. The maximum Gasteiger partial charge on any atom is 0.0384 e. The minimum atomic E-state index is 0.598. The Balaban J connectivity index is 2.11. The number of hydrogen-bond donors (Lipinski definition) is 1. The first-order chi connectivity index (χ1) is 7.58. The second-order valence-electron chi connectivity index (χ2n) is 5.15. The second-order valence-corrected chi connectivity index (χ2v) is 5.15. The highest BCUT2D eigenvalue weighted by Gasteiger charge is 2.24. The molecule has 1 aliphatic rings. The molecule has 1 aliphatic carbocycles. The zero-order valence-corrected chi connectivity index (χ0v) is 10.5. The van der Waals surface area contributed by atoms with Crippen LogP contribution in [0.5, 0.6) is 0 Å². The lowest BCUT2D eigenvalue weighted by Crippen LogP contribution is -2.01. The van der Waals surface area contributed by atoms with E-state index in [0.717, 1.165) is 0 Å². The van der Waals surface area contributed by atoms with Gasteiger partial charge in [0.15, 0.2) is 0 Å². The average Bonchev–Trinajstić information content (AvgIpc) is 2.99. The monoisotopic (exact) mass is 215 g/mol. The minimum Gasteiger partial charge on any atom is -0.359 e. The van der Waals surface area contributed by atoms with E-state index in [1.54, 1.807) is 0 Å². The Morgan fingerprint density at radius 1 is 1.38 bits per heavy atom. The van der Waals surface area contributed by atoms with Crippen LogP contribution in [0.4, 0.5) is 5.69 Å². The van der Waals surface area contributed by atoms with E-state index in [0.29, 0.717) is 11.8 Å². The molecule has 1 aromatic rings. The molecule has 1 nitrogen and oxygen atoms in total. The minimum absolute atomic E-state index is 0.598. The molecule has 2 rings (SSSR count). The fraction of sp³-hybridized carbons (Fsp3) is 0.467. The van der Waals surface area contributed by atoms with Gasteiger partial charge in [-0.2, -0.15) is 0 Å². The molecule has 0 saturated heterocycles. The Labute approximate surface area is 98.6 Å². The number of aryl methyl sites for hydroxylation is 1. The van der Waals surface area contributed by atoms with Gasteiger partial charge in [-0.25, -0.2) is 0 Å². The average molecular weight is 215 g/mol. The number of anilines is 1. The number of hydrogen-bond acceptors (Lipinski definition) is 1. The SMILES string of the molecule is C=C(Nc1ccc(C(C)C)c(C)c1)C1CC1. The van der Waals surface area contributed by atoms with Crippen molar-refractivity contribution in [3.05, 3.63) is 41.6 Å². The van der Waals surface area contributed by atoms with Crippen molar-refractivity contribution in [1.82, 2.24) is 0 Å². The van der Waals surface area contributed by atoms with Crippen molar-refractivity contribution >= 4 is 5.69 Å². The van der Waals surface area contributed by atoms with Crippen molar-refractivity contribution in [3.63, 3.8) is 0 Å². The topological polar surface area (TPSA) is 12.0 Å².